The molecular weight excluding hydrogens is 309 g/mol. The van der Waals surface area contributed by atoms with Gasteiger partial charge in [0.2, 0.25) is 0 Å². The Labute approximate surface area is 141 Å². The van der Waals surface area contributed by atoms with Crippen LogP contribution >= 0.6 is 0 Å². The van der Waals surface area contributed by atoms with Crippen molar-refractivity contribution < 1.29 is 13.5 Å². The van der Waals surface area contributed by atoms with E-state index in [0.29, 0.717) is 19.0 Å². The summed E-state index contributed by atoms with van der Waals surface area (Å²) in [5.74, 6) is 2.32. The Hall–Kier alpha value is -2.50. The van der Waals surface area contributed by atoms with E-state index in [9.17, 15) is 4.39 Å². The predicted molar refractivity (Wildman–Crippen MR) is 92.9 cm³/mol. The van der Waals surface area contributed by atoms with E-state index >= 15 is 0 Å². The van der Waals surface area contributed by atoms with Gasteiger partial charge in [0.15, 0.2) is 17.5 Å². The molecule has 1 atom stereocenters. The maximum Gasteiger partial charge on any atom is 0.191 e. The van der Waals surface area contributed by atoms with Crippen molar-refractivity contribution in [2.24, 2.45) is 4.99 Å². The van der Waals surface area contributed by atoms with Crippen LogP contribution in [0.3, 0.4) is 0 Å². The van der Waals surface area contributed by atoms with E-state index in [2.05, 4.69) is 15.6 Å². The maximum atomic E-state index is 13.6. The quantitative estimate of drug-likeness (QED) is 0.630. The minimum absolute atomic E-state index is 0.210. The zero-order valence-corrected chi connectivity index (χ0v) is 14.5. The van der Waals surface area contributed by atoms with E-state index in [0.717, 1.165) is 17.1 Å². The second-order valence-corrected chi connectivity index (χ2v) is 5.60. The predicted octanol–water partition coefficient (Wildman–Crippen LogP) is 3.17. The summed E-state index contributed by atoms with van der Waals surface area (Å²) in [6.07, 6.45) is -0.210. The highest BCUT2D eigenvalue weighted by Crippen LogP contribution is 2.16. The smallest absolute Gasteiger partial charge is 0.191 e. The standard InChI is InChI=1S/C18H24FN3O2/c1-12-9-15(14(3)23-12)11-22-18(20-4)21-10-13(2)24-17-8-6-5-7-16(17)19/h5-9,13H,10-11H2,1-4H3,(H2,20,21,22). The molecule has 24 heavy (non-hydrogen) atoms. The Morgan fingerprint density at radius 2 is 2.04 bits per heavy atom. The Kier molecular flexibility index (Phi) is 6.23. The number of hydrogen-bond donors (Lipinski definition) is 2. The molecule has 1 unspecified atom stereocenters. The number of benzene rings is 1. The van der Waals surface area contributed by atoms with Crippen molar-refractivity contribution in [2.45, 2.75) is 33.4 Å². The van der Waals surface area contributed by atoms with Crippen molar-refractivity contribution in [3.8, 4) is 5.75 Å². The highest BCUT2D eigenvalue weighted by molar-refractivity contribution is 5.79. The Morgan fingerprint density at radius 1 is 1.29 bits per heavy atom. The minimum Gasteiger partial charge on any atom is -0.486 e. The van der Waals surface area contributed by atoms with E-state index in [1.54, 1.807) is 25.2 Å². The second-order valence-electron chi connectivity index (χ2n) is 5.60. The number of guanidine groups is 1. The number of ether oxygens (including phenoxy) is 1. The lowest BCUT2D eigenvalue weighted by molar-refractivity contribution is 0.214. The third kappa shape index (κ3) is 5.01. The first-order valence-electron chi connectivity index (χ1n) is 7.91. The molecule has 0 spiro atoms. The normalized spacial score (nSPS) is 12.8. The van der Waals surface area contributed by atoms with Crippen molar-refractivity contribution in [1.29, 1.82) is 0 Å². The summed E-state index contributed by atoms with van der Waals surface area (Å²) in [4.78, 5) is 4.17. The average molecular weight is 333 g/mol. The monoisotopic (exact) mass is 333 g/mol. The van der Waals surface area contributed by atoms with Crippen LogP contribution in [0.4, 0.5) is 4.39 Å². The highest BCUT2D eigenvalue weighted by atomic mass is 19.1. The molecule has 0 fully saturated rings. The van der Waals surface area contributed by atoms with Gasteiger partial charge < -0.3 is 19.8 Å². The fraction of sp³-hybridized carbons (Fsp3) is 0.389. The molecule has 6 heteroatoms. The number of nitrogens with zero attached hydrogens (tertiary/aromatic N) is 1. The zero-order valence-electron chi connectivity index (χ0n) is 14.5. The third-order valence-electron chi connectivity index (χ3n) is 3.54. The van der Waals surface area contributed by atoms with Crippen LogP contribution in [0.25, 0.3) is 0 Å². The first-order valence-corrected chi connectivity index (χ1v) is 7.91. The molecule has 1 aromatic carbocycles. The molecule has 1 aromatic heterocycles. The summed E-state index contributed by atoms with van der Waals surface area (Å²) in [7, 11) is 1.70. The molecular formula is C18H24FN3O2. The molecule has 1 heterocycles. The maximum absolute atomic E-state index is 13.6. The van der Waals surface area contributed by atoms with Crippen molar-refractivity contribution >= 4 is 5.96 Å². The van der Waals surface area contributed by atoms with Crippen molar-refractivity contribution in [3.05, 3.63) is 53.2 Å². The van der Waals surface area contributed by atoms with Crippen LogP contribution in [-0.2, 0) is 6.54 Å². The summed E-state index contributed by atoms with van der Waals surface area (Å²) < 4.78 is 24.7. The van der Waals surface area contributed by atoms with Gasteiger partial charge in [-0.25, -0.2) is 4.39 Å². The summed E-state index contributed by atoms with van der Waals surface area (Å²) in [6.45, 7) is 6.84. The number of nitrogens with one attached hydrogen (secondary N) is 2. The summed E-state index contributed by atoms with van der Waals surface area (Å²) in [5.41, 5.74) is 1.09. The van der Waals surface area contributed by atoms with Crippen LogP contribution in [-0.4, -0.2) is 25.7 Å². The first-order chi connectivity index (χ1) is 11.5. The molecule has 0 amide bonds. The molecule has 2 rings (SSSR count). The topological polar surface area (TPSA) is 58.8 Å². The lowest BCUT2D eigenvalue weighted by atomic mass is 10.2. The Balaban J connectivity index is 1.81. The van der Waals surface area contributed by atoms with E-state index in [1.807, 2.05) is 26.8 Å². The molecule has 5 nitrogen and oxygen atoms in total. The average Bonchev–Trinajstić information content (AvgIpc) is 2.87. The van der Waals surface area contributed by atoms with Gasteiger partial charge in [-0.3, -0.25) is 4.99 Å². The summed E-state index contributed by atoms with van der Waals surface area (Å²) in [6, 6.07) is 8.37. The number of para-hydroxylation sites is 1. The number of aryl methyl sites for hydroxylation is 2. The number of halogens is 1. The molecule has 0 aliphatic carbocycles. The van der Waals surface area contributed by atoms with E-state index in [-0.39, 0.29) is 17.7 Å². The Morgan fingerprint density at radius 3 is 2.67 bits per heavy atom. The van der Waals surface area contributed by atoms with Gasteiger partial charge in [0.05, 0.1) is 6.54 Å². The number of hydrogen-bond acceptors (Lipinski definition) is 3. The van der Waals surface area contributed by atoms with Gasteiger partial charge in [0.25, 0.3) is 0 Å². The highest BCUT2D eigenvalue weighted by Gasteiger charge is 2.10. The van der Waals surface area contributed by atoms with Gasteiger partial charge in [0, 0.05) is 19.2 Å². The van der Waals surface area contributed by atoms with Crippen LogP contribution < -0.4 is 15.4 Å². The lowest BCUT2D eigenvalue weighted by Gasteiger charge is -2.18. The van der Waals surface area contributed by atoms with Gasteiger partial charge in [-0.1, -0.05) is 12.1 Å². The lowest BCUT2D eigenvalue weighted by Crippen LogP contribution is -2.41. The largest absolute Gasteiger partial charge is 0.486 e. The Bertz CT molecular complexity index is 697. The van der Waals surface area contributed by atoms with Crippen LogP contribution in [0.15, 0.2) is 39.7 Å². The zero-order chi connectivity index (χ0) is 17.5. The van der Waals surface area contributed by atoms with Crippen molar-refractivity contribution in [2.75, 3.05) is 13.6 Å². The van der Waals surface area contributed by atoms with Crippen LogP contribution in [0.1, 0.15) is 24.0 Å². The second kappa shape index (κ2) is 8.38. The minimum atomic E-state index is -0.363. The third-order valence-corrected chi connectivity index (χ3v) is 3.54. The van der Waals surface area contributed by atoms with Gasteiger partial charge in [-0.15, -0.1) is 0 Å². The number of furan rings is 1. The van der Waals surface area contributed by atoms with Crippen LogP contribution in [0, 0.1) is 19.7 Å². The number of aliphatic imine (C=N–C) groups is 1. The molecule has 0 aliphatic rings. The SMILES string of the molecule is CN=C(NCc1cc(C)oc1C)NCC(C)Oc1ccccc1F. The van der Waals surface area contributed by atoms with Crippen LogP contribution in [0.5, 0.6) is 5.75 Å². The van der Waals surface area contributed by atoms with Gasteiger partial charge in [-0.05, 0) is 39.0 Å². The fourth-order valence-corrected chi connectivity index (χ4v) is 2.30. The van der Waals surface area contributed by atoms with Gasteiger partial charge in [-0.2, -0.15) is 0 Å². The molecule has 2 aromatic rings. The van der Waals surface area contributed by atoms with E-state index in [4.69, 9.17) is 9.15 Å². The first kappa shape index (κ1) is 17.8. The molecule has 0 bridgehead atoms. The van der Waals surface area contributed by atoms with Crippen LogP contribution in [0.2, 0.25) is 0 Å². The molecule has 0 aliphatic heterocycles. The van der Waals surface area contributed by atoms with Crippen molar-refractivity contribution in [3.63, 3.8) is 0 Å². The molecule has 0 saturated heterocycles. The van der Waals surface area contributed by atoms with E-state index in [1.165, 1.54) is 6.07 Å². The van der Waals surface area contributed by atoms with Crippen molar-refractivity contribution in [1.82, 2.24) is 10.6 Å². The van der Waals surface area contributed by atoms with Gasteiger partial charge >= 0.3 is 0 Å². The number of rotatable bonds is 6. The molecule has 0 saturated carbocycles. The molecule has 130 valence electrons. The van der Waals surface area contributed by atoms with Gasteiger partial charge in [0.1, 0.15) is 17.6 Å². The van der Waals surface area contributed by atoms with E-state index < -0.39 is 0 Å². The molecule has 2 N–H and O–H groups in total. The summed E-state index contributed by atoms with van der Waals surface area (Å²) in [5, 5.41) is 6.39. The summed E-state index contributed by atoms with van der Waals surface area (Å²) >= 11 is 0. The molecule has 0 radical (unpaired) electrons. The fourth-order valence-electron chi connectivity index (χ4n) is 2.30.